The van der Waals surface area contributed by atoms with E-state index < -0.39 is 0 Å². The summed E-state index contributed by atoms with van der Waals surface area (Å²) in [6.07, 6.45) is 6.01. The lowest BCUT2D eigenvalue weighted by Crippen LogP contribution is -2.46. The van der Waals surface area contributed by atoms with E-state index in [9.17, 15) is 0 Å². The van der Waals surface area contributed by atoms with Crippen LogP contribution < -0.4 is 0 Å². The fourth-order valence-electron chi connectivity index (χ4n) is 8.16. The summed E-state index contributed by atoms with van der Waals surface area (Å²) in [5.41, 5.74) is 2.32. The van der Waals surface area contributed by atoms with Gasteiger partial charge < -0.3 is 0 Å². The minimum atomic E-state index is 0.567. The molecule has 0 aromatic rings. The summed E-state index contributed by atoms with van der Waals surface area (Å²) in [6.45, 7) is 15.7. The molecule has 5 aliphatic rings. The van der Waals surface area contributed by atoms with E-state index in [1.807, 2.05) is 0 Å². The molecule has 5 rings (SSSR count). The smallest absolute Gasteiger partial charge is 0.0244 e. The third-order valence-electron chi connectivity index (χ3n) is 10.3. The maximum absolute atomic E-state index is 2.64. The Hall–Kier alpha value is 0.700. The third-order valence-corrected chi connectivity index (χ3v) is 14.1. The van der Waals surface area contributed by atoms with Crippen molar-refractivity contribution < 1.29 is 0 Å². The summed E-state index contributed by atoms with van der Waals surface area (Å²) >= 11 is 0. The van der Waals surface area contributed by atoms with Crippen molar-refractivity contribution in [1.29, 1.82) is 0 Å². The Bertz CT molecular complexity index is 490. The average Bonchev–Trinajstić information content (AvgIpc) is 2.95. The number of hydrogen-bond acceptors (Lipinski definition) is 2. The molecular formula is C20H32S2. The first-order valence-electron chi connectivity index (χ1n) is 9.48. The fourth-order valence-corrected chi connectivity index (χ4v) is 13.4. The summed E-state index contributed by atoms with van der Waals surface area (Å²) in [6, 6.07) is 0. The van der Waals surface area contributed by atoms with Crippen molar-refractivity contribution in [2.24, 2.45) is 45.3 Å². The van der Waals surface area contributed by atoms with Crippen LogP contribution in [0.15, 0.2) is 0 Å². The second-order valence-electron chi connectivity index (χ2n) is 10.8. The second-order valence-corrected chi connectivity index (χ2v) is 13.3. The molecule has 0 N–H and O–H groups in total. The molecule has 4 unspecified atom stereocenters. The van der Waals surface area contributed by atoms with Gasteiger partial charge in [0.05, 0.1) is 0 Å². The predicted octanol–water partition coefficient (Wildman–Crippen LogP) is 6.26. The van der Waals surface area contributed by atoms with Crippen LogP contribution in [0.5, 0.6) is 0 Å². The maximum atomic E-state index is 2.64. The number of rotatable bonds is 0. The lowest BCUT2D eigenvalue weighted by Gasteiger charge is -2.50. The molecule has 1 saturated heterocycles. The molecule has 4 aliphatic carbocycles. The normalized spacial score (nSPS) is 63.0. The molecule has 22 heavy (non-hydrogen) atoms. The zero-order chi connectivity index (χ0) is 15.7. The first-order valence-corrected chi connectivity index (χ1v) is 11.8. The van der Waals surface area contributed by atoms with Crippen LogP contribution >= 0.6 is 21.6 Å². The Balaban J connectivity index is 1.62. The number of fused-ring (bicyclic) bond motifs is 11. The van der Waals surface area contributed by atoms with Crippen molar-refractivity contribution in [2.75, 3.05) is 0 Å². The van der Waals surface area contributed by atoms with E-state index in [4.69, 9.17) is 0 Å². The molecule has 0 amide bonds. The van der Waals surface area contributed by atoms with Gasteiger partial charge >= 0.3 is 0 Å². The van der Waals surface area contributed by atoms with Gasteiger partial charge in [-0.2, -0.15) is 0 Å². The van der Waals surface area contributed by atoms with Crippen molar-refractivity contribution >= 4 is 21.6 Å². The average molecular weight is 337 g/mol. The monoisotopic (exact) mass is 336 g/mol. The van der Waals surface area contributed by atoms with Gasteiger partial charge in [0, 0.05) is 10.5 Å². The highest BCUT2D eigenvalue weighted by molar-refractivity contribution is 8.77. The van der Waals surface area contributed by atoms with Gasteiger partial charge in [-0.15, -0.1) is 0 Å². The quantitative estimate of drug-likeness (QED) is 0.479. The van der Waals surface area contributed by atoms with E-state index in [-0.39, 0.29) is 0 Å². The summed E-state index contributed by atoms with van der Waals surface area (Å²) in [7, 11) is 4.66. The Morgan fingerprint density at radius 3 is 1.36 bits per heavy atom. The standard InChI is InChI=1S/C20H32S2/c1-17(2)11-7-9-19(17,5)15-13(11)14-12-8-10-20(6,18(12,3)4)16(14)22-21-15/h11-16H,7-10H2,1-6H3/t11?,12?,13?,14?,15-,16+,19-,20-/m0/s1. The molecule has 1 aliphatic heterocycles. The summed E-state index contributed by atoms with van der Waals surface area (Å²) in [5.74, 6) is 4.05. The van der Waals surface area contributed by atoms with Crippen molar-refractivity contribution in [3.8, 4) is 0 Å². The molecule has 0 radical (unpaired) electrons. The van der Waals surface area contributed by atoms with Gasteiger partial charge in [0.1, 0.15) is 0 Å². The summed E-state index contributed by atoms with van der Waals surface area (Å²) in [5, 5.41) is 1.87. The van der Waals surface area contributed by atoms with Gasteiger partial charge in [0.15, 0.2) is 0 Å². The third kappa shape index (κ3) is 1.26. The van der Waals surface area contributed by atoms with E-state index in [1.165, 1.54) is 25.7 Å². The zero-order valence-electron chi connectivity index (χ0n) is 15.1. The Morgan fingerprint density at radius 1 is 0.636 bits per heavy atom. The first kappa shape index (κ1) is 15.0. The Kier molecular flexibility index (Phi) is 2.67. The van der Waals surface area contributed by atoms with E-state index in [0.717, 1.165) is 34.2 Å². The van der Waals surface area contributed by atoms with E-state index >= 15 is 0 Å². The SMILES string of the molecule is CC1(C)C2CC[C@@]1(C)[C@@H]1SS[C@H]3C(C21)C1CC[C@]3(C)C1(C)C. The zero-order valence-corrected chi connectivity index (χ0v) is 16.7. The van der Waals surface area contributed by atoms with Crippen molar-refractivity contribution in [3.63, 3.8) is 0 Å². The minimum Gasteiger partial charge on any atom is -0.0895 e. The minimum absolute atomic E-state index is 0.567. The van der Waals surface area contributed by atoms with Gasteiger partial charge in [0.2, 0.25) is 0 Å². The van der Waals surface area contributed by atoms with Crippen LogP contribution in [-0.4, -0.2) is 10.5 Å². The van der Waals surface area contributed by atoms with E-state index in [0.29, 0.717) is 21.7 Å². The number of hydrogen-bond donors (Lipinski definition) is 0. The Labute approximate surface area is 144 Å². The second kappa shape index (κ2) is 3.92. The molecule has 1 heterocycles. The molecule has 8 atom stereocenters. The lowest BCUT2D eigenvalue weighted by atomic mass is 9.68. The highest BCUT2D eigenvalue weighted by Gasteiger charge is 2.76. The molecule has 0 aromatic carbocycles. The van der Waals surface area contributed by atoms with Crippen molar-refractivity contribution in [2.45, 2.75) is 77.7 Å². The molecule has 124 valence electrons. The molecule has 0 nitrogen and oxygen atoms in total. The van der Waals surface area contributed by atoms with Gasteiger partial charge in [-0.25, -0.2) is 0 Å². The molecule has 0 spiro atoms. The molecule has 0 aromatic heterocycles. The summed E-state index contributed by atoms with van der Waals surface area (Å²) < 4.78 is 0. The largest absolute Gasteiger partial charge is 0.0895 e. The predicted molar refractivity (Wildman–Crippen MR) is 99.0 cm³/mol. The molecule has 4 saturated carbocycles. The van der Waals surface area contributed by atoms with E-state index in [2.05, 4.69) is 63.1 Å². The van der Waals surface area contributed by atoms with Crippen LogP contribution in [0.25, 0.3) is 0 Å². The molecular weight excluding hydrogens is 304 g/mol. The maximum Gasteiger partial charge on any atom is 0.0244 e. The van der Waals surface area contributed by atoms with E-state index in [1.54, 1.807) is 0 Å². The van der Waals surface area contributed by atoms with Crippen molar-refractivity contribution in [1.82, 2.24) is 0 Å². The summed E-state index contributed by atoms with van der Waals surface area (Å²) in [4.78, 5) is 0. The van der Waals surface area contributed by atoms with Gasteiger partial charge in [-0.05, 0) is 71.0 Å². The topological polar surface area (TPSA) is 0 Å². The molecule has 5 fully saturated rings. The van der Waals surface area contributed by atoms with Crippen LogP contribution in [0.3, 0.4) is 0 Å². The molecule has 2 heteroatoms. The van der Waals surface area contributed by atoms with Crippen molar-refractivity contribution in [3.05, 3.63) is 0 Å². The first-order chi connectivity index (χ1) is 10.2. The molecule has 4 bridgehead atoms. The van der Waals surface area contributed by atoms with Gasteiger partial charge in [0.25, 0.3) is 0 Å². The van der Waals surface area contributed by atoms with Crippen LogP contribution in [-0.2, 0) is 0 Å². The lowest BCUT2D eigenvalue weighted by molar-refractivity contribution is 0.127. The van der Waals surface area contributed by atoms with Gasteiger partial charge in [-0.3, -0.25) is 0 Å². The highest BCUT2D eigenvalue weighted by Crippen LogP contribution is 2.82. The van der Waals surface area contributed by atoms with Crippen LogP contribution in [0.1, 0.15) is 67.2 Å². The Morgan fingerprint density at radius 2 is 1.00 bits per heavy atom. The van der Waals surface area contributed by atoms with Crippen LogP contribution in [0.2, 0.25) is 0 Å². The van der Waals surface area contributed by atoms with Gasteiger partial charge in [-0.1, -0.05) is 63.1 Å². The highest BCUT2D eigenvalue weighted by atomic mass is 33.1. The fraction of sp³-hybridized carbons (Fsp3) is 1.00. The van der Waals surface area contributed by atoms with Crippen LogP contribution in [0, 0.1) is 45.3 Å². The van der Waals surface area contributed by atoms with Crippen LogP contribution in [0.4, 0.5) is 0 Å².